The van der Waals surface area contributed by atoms with Crippen molar-refractivity contribution in [3.63, 3.8) is 0 Å². The number of aromatic nitrogens is 1. The molecule has 0 radical (unpaired) electrons. The lowest BCUT2D eigenvalue weighted by Crippen LogP contribution is -2.12. The molecule has 0 aliphatic rings. The Bertz CT molecular complexity index is 593. The van der Waals surface area contributed by atoms with Crippen molar-refractivity contribution in [1.82, 2.24) is 4.57 Å². The number of rotatable bonds is 4. The first-order valence-electron chi connectivity index (χ1n) is 5.88. The monoisotopic (exact) mass is 297 g/mol. The van der Waals surface area contributed by atoms with Crippen LogP contribution in [0.3, 0.4) is 0 Å². The molecule has 2 aromatic rings. The summed E-state index contributed by atoms with van der Waals surface area (Å²) in [6, 6.07) is 8.78. The van der Waals surface area contributed by atoms with Crippen LogP contribution in [0.15, 0.2) is 36.5 Å². The van der Waals surface area contributed by atoms with Gasteiger partial charge in [-0.2, -0.15) is 0 Å². The normalized spacial score (nSPS) is 10.5. The molecule has 2 rings (SSSR count). The minimum Gasteiger partial charge on any atom is -0.461 e. The predicted molar refractivity (Wildman–Crippen MR) is 76.0 cm³/mol. The zero-order chi connectivity index (χ0) is 13.8. The van der Waals surface area contributed by atoms with Gasteiger partial charge in [0.2, 0.25) is 0 Å². The molecular weight excluding hydrogens is 285 g/mol. The second-order valence-electron chi connectivity index (χ2n) is 3.98. The molecule has 19 heavy (non-hydrogen) atoms. The van der Waals surface area contributed by atoms with E-state index >= 15 is 0 Å². The van der Waals surface area contributed by atoms with E-state index in [0.29, 0.717) is 28.9 Å². The van der Waals surface area contributed by atoms with Crippen LogP contribution in [-0.4, -0.2) is 17.1 Å². The summed E-state index contributed by atoms with van der Waals surface area (Å²) in [5, 5.41) is 1.23. The van der Waals surface area contributed by atoms with Crippen LogP contribution in [0.25, 0.3) is 0 Å². The molecule has 0 aliphatic heterocycles. The van der Waals surface area contributed by atoms with Gasteiger partial charge in [0.25, 0.3) is 0 Å². The molecule has 0 aliphatic carbocycles. The van der Waals surface area contributed by atoms with E-state index in [-0.39, 0.29) is 5.97 Å². The molecular formula is C14H13Cl2NO2. The molecule has 1 heterocycles. The highest BCUT2D eigenvalue weighted by molar-refractivity contribution is 6.33. The van der Waals surface area contributed by atoms with Crippen molar-refractivity contribution in [2.75, 3.05) is 6.61 Å². The summed E-state index contributed by atoms with van der Waals surface area (Å²) in [6.07, 6.45) is 1.81. The van der Waals surface area contributed by atoms with Crippen molar-refractivity contribution in [3.8, 4) is 0 Å². The van der Waals surface area contributed by atoms with Crippen LogP contribution in [-0.2, 0) is 11.3 Å². The number of hydrogen-bond donors (Lipinski definition) is 0. The van der Waals surface area contributed by atoms with E-state index in [4.69, 9.17) is 27.9 Å². The average molecular weight is 298 g/mol. The Morgan fingerprint density at radius 3 is 2.84 bits per heavy atom. The number of carbonyl (C=O) groups is 1. The minimum absolute atomic E-state index is 0.342. The maximum absolute atomic E-state index is 11.8. The SMILES string of the molecule is CCOC(=O)c1cccn1Cc1cc(Cl)ccc1Cl. The Labute approximate surface area is 121 Å². The first-order chi connectivity index (χ1) is 9.11. The number of benzene rings is 1. The highest BCUT2D eigenvalue weighted by Gasteiger charge is 2.12. The van der Waals surface area contributed by atoms with E-state index < -0.39 is 0 Å². The van der Waals surface area contributed by atoms with E-state index in [1.165, 1.54) is 0 Å². The van der Waals surface area contributed by atoms with E-state index in [0.717, 1.165) is 5.56 Å². The summed E-state index contributed by atoms with van der Waals surface area (Å²) in [4.78, 5) is 11.8. The van der Waals surface area contributed by atoms with Gasteiger partial charge in [0.15, 0.2) is 0 Å². The van der Waals surface area contributed by atoms with Crippen LogP contribution in [0.4, 0.5) is 0 Å². The van der Waals surface area contributed by atoms with Crippen LogP contribution in [0.5, 0.6) is 0 Å². The lowest BCUT2D eigenvalue weighted by Gasteiger charge is -2.10. The first-order valence-corrected chi connectivity index (χ1v) is 6.63. The second-order valence-corrected chi connectivity index (χ2v) is 4.82. The summed E-state index contributed by atoms with van der Waals surface area (Å²) in [6.45, 7) is 2.60. The predicted octanol–water partition coefficient (Wildman–Crippen LogP) is 4.02. The highest BCUT2D eigenvalue weighted by atomic mass is 35.5. The van der Waals surface area contributed by atoms with Gasteiger partial charge in [-0.25, -0.2) is 4.79 Å². The van der Waals surface area contributed by atoms with Gasteiger partial charge in [-0.1, -0.05) is 23.2 Å². The van der Waals surface area contributed by atoms with Crippen LogP contribution < -0.4 is 0 Å². The van der Waals surface area contributed by atoms with Crippen molar-refractivity contribution in [1.29, 1.82) is 0 Å². The largest absolute Gasteiger partial charge is 0.461 e. The molecule has 0 N–H and O–H groups in total. The smallest absolute Gasteiger partial charge is 0.354 e. The topological polar surface area (TPSA) is 31.2 Å². The quantitative estimate of drug-likeness (QED) is 0.798. The van der Waals surface area contributed by atoms with Gasteiger partial charge in [-0.3, -0.25) is 0 Å². The van der Waals surface area contributed by atoms with Crippen molar-refractivity contribution in [2.24, 2.45) is 0 Å². The summed E-state index contributed by atoms with van der Waals surface area (Å²) >= 11 is 12.1. The molecule has 5 heteroatoms. The molecule has 1 aromatic heterocycles. The fraction of sp³-hybridized carbons (Fsp3) is 0.214. The van der Waals surface area contributed by atoms with Crippen molar-refractivity contribution in [2.45, 2.75) is 13.5 Å². The maximum Gasteiger partial charge on any atom is 0.354 e. The third-order valence-corrected chi connectivity index (χ3v) is 3.27. The molecule has 0 bridgehead atoms. The van der Waals surface area contributed by atoms with Gasteiger partial charge in [0.05, 0.1) is 6.61 Å². The Balaban J connectivity index is 2.26. The number of ether oxygens (including phenoxy) is 1. The van der Waals surface area contributed by atoms with Gasteiger partial charge >= 0.3 is 5.97 Å². The lowest BCUT2D eigenvalue weighted by molar-refractivity contribution is 0.0514. The molecule has 0 spiro atoms. The molecule has 0 amide bonds. The number of nitrogens with zero attached hydrogens (tertiary/aromatic N) is 1. The van der Waals surface area contributed by atoms with E-state index in [1.807, 2.05) is 6.20 Å². The van der Waals surface area contributed by atoms with Crippen LogP contribution in [0.1, 0.15) is 23.0 Å². The number of carbonyl (C=O) groups excluding carboxylic acids is 1. The Hall–Kier alpha value is -1.45. The van der Waals surface area contributed by atoms with E-state index in [2.05, 4.69) is 0 Å². The number of halogens is 2. The van der Waals surface area contributed by atoms with Crippen LogP contribution in [0, 0.1) is 0 Å². The zero-order valence-electron chi connectivity index (χ0n) is 10.4. The zero-order valence-corrected chi connectivity index (χ0v) is 11.9. The Kier molecular flexibility index (Phi) is 4.51. The van der Waals surface area contributed by atoms with E-state index in [1.54, 1.807) is 41.8 Å². The van der Waals surface area contributed by atoms with Gasteiger partial charge < -0.3 is 9.30 Å². The van der Waals surface area contributed by atoms with Crippen molar-refractivity contribution < 1.29 is 9.53 Å². The van der Waals surface area contributed by atoms with Gasteiger partial charge in [-0.15, -0.1) is 0 Å². The van der Waals surface area contributed by atoms with Gasteiger partial charge in [-0.05, 0) is 42.8 Å². The first kappa shape index (κ1) is 14.0. The molecule has 1 aromatic carbocycles. The third kappa shape index (κ3) is 3.31. The van der Waals surface area contributed by atoms with Crippen LogP contribution in [0.2, 0.25) is 10.0 Å². The summed E-state index contributed by atoms with van der Waals surface area (Å²) < 4.78 is 6.79. The maximum atomic E-state index is 11.8. The summed E-state index contributed by atoms with van der Waals surface area (Å²) in [7, 11) is 0. The van der Waals surface area contributed by atoms with Gasteiger partial charge in [0.1, 0.15) is 5.69 Å². The summed E-state index contributed by atoms with van der Waals surface area (Å²) in [5.41, 5.74) is 1.36. The number of esters is 1. The molecule has 0 fully saturated rings. The Morgan fingerprint density at radius 1 is 1.32 bits per heavy atom. The molecule has 0 atom stereocenters. The summed E-state index contributed by atoms with van der Waals surface area (Å²) in [5.74, 6) is -0.342. The molecule has 0 saturated heterocycles. The minimum atomic E-state index is -0.342. The lowest BCUT2D eigenvalue weighted by atomic mass is 10.2. The molecule has 0 saturated carbocycles. The van der Waals surface area contributed by atoms with Crippen molar-refractivity contribution in [3.05, 3.63) is 57.8 Å². The molecule has 100 valence electrons. The second kappa shape index (κ2) is 6.13. The highest BCUT2D eigenvalue weighted by Crippen LogP contribution is 2.22. The van der Waals surface area contributed by atoms with Crippen molar-refractivity contribution >= 4 is 29.2 Å². The molecule has 0 unspecified atom stereocenters. The van der Waals surface area contributed by atoms with E-state index in [9.17, 15) is 4.79 Å². The van der Waals surface area contributed by atoms with Gasteiger partial charge in [0, 0.05) is 22.8 Å². The standard InChI is InChI=1S/C14H13Cl2NO2/c1-2-19-14(18)13-4-3-7-17(13)9-10-8-11(15)5-6-12(10)16/h3-8H,2,9H2,1H3. The number of hydrogen-bond acceptors (Lipinski definition) is 2. The fourth-order valence-electron chi connectivity index (χ4n) is 1.79. The fourth-order valence-corrected chi connectivity index (χ4v) is 2.16. The average Bonchev–Trinajstić information content (AvgIpc) is 2.82. The Morgan fingerprint density at radius 2 is 2.11 bits per heavy atom. The third-order valence-electron chi connectivity index (χ3n) is 2.66. The molecule has 3 nitrogen and oxygen atoms in total. The van der Waals surface area contributed by atoms with Crippen LogP contribution >= 0.6 is 23.2 Å².